The molecule has 0 bridgehead atoms. The Morgan fingerprint density at radius 1 is 1.37 bits per heavy atom. The number of nitrogens with two attached hydrogens (primary N) is 1. The molecule has 9 heteroatoms. The molecule has 0 saturated heterocycles. The summed E-state index contributed by atoms with van der Waals surface area (Å²) in [4.78, 5) is 15.9. The quantitative estimate of drug-likeness (QED) is 0.392. The van der Waals surface area contributed by atoms with E-state index >= 15 is 0 Å². The van der Waals surface area contributed by atoms with Crippen LogP contribution in [0, 0.1) is 5.92 Å². The molecule has 1 fully saturated rings. The van der Waals surface area contributed by atoms with Crippen LogP contribution in [0.2, 0.25) is 0 Å². The third-order valence-corrected chi connectivity index (χ3v) is 5.80. The summed E-state index contributed by atoms with van der Waals surface area (Å²) in [6.45, 7) is 2.46. The zero-order valence-electron chi connectivity index (χ0n) is 17.3. The van der Waals surface area contributed by atoms with Gasteiger partial charge in [-0.15, -0.1) is 0 Å². The van der Waals surface area contributed by atoms with Crippen molar-refractivity contribution in [1.29, 1.82) is 0 Å². The molecular weight excluding hydrogens is 388 g/mol. The number of carboxylic acid groups (broad SMARTS) is 1. The van der Waals surface area contributed by atoms with E-state index in [1.54, 1.807) is 18.5 Å². The Kier molecular flexibility index (Phi) is 7.38. The number of dihydropyridines is 1. The van der Waals surface area contributed by atoms with E-state index in [0.717, 1.165) is 31.6 Å². The largest absolute Gasteiger partial charge is 0.491 e. The number of ether oxygens (including phenoxy) is 2. The molecular formula is C21H32N4O5. The Balaban J connectivity index is 1.59. The molecule has 6 N–H and O–H groups in total. The molecule has 1 saturated carbocycles. The fourth-order valence-corrected chi connectivity index (χ4v) is 3.80. The lowest BCUT2D eigenvalue weighted by Crippen LogP contribution is -2.59. The van der Waals surface area contributed by atoms with E-state index in [2.05, 4.69) is 22.5 Å². The molecule has 3 atom stereocenters. The average molecular weight is 421 g/mol. The van der Waals surface area contributed by atoms with E-state index in [1.807, 2.05) is 6.08 Å². The summed E-state index contributed by atoms with van der Waals surface area (Å²) in [6, 6.07) is -1.58. The lowest BCUT2D eigenvalue weighted by atomic mass is 9.87. The molecule has 0 aromatic heterocycles. The number of carbonyl (C=O) groups is 1. The number of hydrogen-bond donors (Lipinski definition) is 5. The zero-order valence-corrected chi connectivity index (χ0v) is 17.3. The van der Waals surface area contributed by atoms with Crippen LogP contribution in [0.25, 0.3) is 0 Å². The molecule has 1 aliphatic carbocycles. The van der Waals surface area contributed by atoms with Gasteiger partial charge in [0.05, 0.1) is 24.7 Å². The minimum absolute atomic E-state index is 0.129. The topological polar surface area (TPSA) is 138 Å². The maximum atomic E-state index is 11.9. The van der Waals surface area contributed by atoms with Crippen molar-refractivity contribution in [2.75, 3.05) is 13.2 Å². The number of allylic oxidation sites excluding steroid dienone is 1. The van der Waals surface area contributed by atoms with Crippen LogP contribution in [0.15, 0.2) is 41.5 Å². The van der Waals surface area contributed by atoms with Crippen LogP contribution < -0.4 is 16.4 Å². The van der Waals surface area contributed by atoms with Crippen molar-refractivity contribution < 1.29 is 24.5 Å². The molecule has 0 spiro atoms. The fraction of sp³-hybridized carbons (Fsp3) is 0.619. The minimum Gasteiger partial charge on any atom is -0.491 e. The van der Waals surface area contributed by atoms with Crippen molar-refractivity contribution in [1.82, 2.24) is 10.6 Å². The molecule has 0 aromatic rings. The van der Waals surface area contributed by atoms with Crippen molar-refractivity contribution in [2.24, 2.45) is 16.6 Å². The SMILES string of the molecule is CC1CCC(OC2=CC(C[C@](O)(C(=O)O)[C@@H](N)COC3=NC=CNC3)NC=C2)CC1. The Labute approximate surface area is 176 Å². The standard InChI is InChI=1S/C21H32N4O5/c1-14-2-4-16(5-3-14)30-17-6-7-24-15(10-17)11-21(28,20(26)27)18(22)13-29-19-12-23-8-9-25-19/h6-10,14-16,18,23-24,28H,2-5,11-13,22H2,1H3,(H,26,27)/t14?,15?,16?,18-,21+/m0/s1. The molecule has 2 heterocycles. The van der Waals surface area contributed by atoms with Gasteiger partial charge in [-0.2, -0.15) is 0 Å². The van der Waals surface area contributed by atoms with Crippen LogP contribution in [0.1, 0.15) is 39.0 Å². The van der Waals surface area contributed by atoms with Crippen LogP contribution in [-0.4, -0.2) is 59.0 Å². The van der Waals surface area contributed by atoms with E-state index in [9.17, 15) is 15.0 Å². The highest BCUT2D eigenvalue weighted by Crippen LogP contribution is 2.28. The van der Waals surface area contributed by atoms with Gasteiger partial charge >= 0.3 is 5.97 Å². The van der Waals surface area contributed by atoms with E-state index in [1.165, 1.54) is 6.20 Å². The van der Waals surface area contributed by atoms with E-state index in [0.29, 0.717) is 18.2 Å². The zero-order chi connectivity index (χ0) is 21.6. The van der Waals surface area contributed by atoms with Gasteiger partial charge in [-0.3, -0.25) is 0 Å². The monoisotopic (exact) mass is 420 g/mol. The summed E-state index contributed by atoms with van der Waals surface area (Å²) in [5.41, 5.74) is 3.86. The predicted octanol–water partition coefficient (Wildman–Crippen LogP) is 0.974. The van der Waals surface area contributed by atoms with E-state index in [4.69, 9.17) is 15.2 Å². The van der Waals surface area contributed by atoms with Gasteiger partial charge in [0.25, 0.3) is 0 Å². The number of nitrogens with one attached hydrogen (secondary N) is 2. The Morgan fingerprint density at radius 3 is 2.80 bits per heavy atom. The summed E-state index contributed by atoms with van der Waals surface area (Å²) in [6.07, 6.45) is 12.9. The second-order valence-electron chi connectivity index (χ2n) is 8.25. The number of aliphatic imine (C=N–C) groups is 1. The van der Waals surface area contributed by atoms with Gasteiger partial charge in [0, 0.05) is 25.0 Å². The molecule has 1 unspecified atom stereocenters. The van der Waals surface area contributed by atoms with Crippen molar-refractivity contribution in [3.8, 4) is 0 Å². The van der Waals surface area contributed by atoms with Crippen LogP contribution in [0.4, 0.5) is 0 Å². The van der Waals surface area contributed by atoms with Crippen molar-refractivity contribution in [3.05, 3.63) is 36.5 Å². The van der Waals surface area contributed by atoms with Gasteiger partial charge in [-0.05, 0) is 43.8 Å². The number of nitrogens with zero attached hydrogens (tertiary/aromatic N) is 1. The number of aliphatic hydroxyl groups is 1. The van der Waals surface area contributed by atoms with Gasteiger partial charge in [-0.1, -0.05) is 6.92 Å². The summed E-state index contributed by atoms with van der Waals surface area (Å²) in [5.74, 6) is 0.411. The summed E-state index contributed by atoms with van der Waals surface area (Å²) < 4.78 is 11.6. The summed E-state index contributed by atoms with van der Waals surface area (Å²) in [5, 5.41) is 26.5. The third-order valence-electron chi connectivity index (χ3n) is 5.80. The minimum atomic E-state index is -2.18. The first-order chi connectivity index (χ1) is 14.4. The molecule has 0 radical (unpaired) electrons. The first-order valence-corrected chi connectivity index (χ1v) is 10.5. The van der Waals surface area contributed by atoms with Crippen LogP contribution >= 0.6 is 0 Å². The predicted molar refractivity (Wildman–Crippen MR) is 112 cm³/mol. The lowest BCUT2D eigenvalue weighted by Gasteiger charge is -2.34. The van der Waals surface area contributed by atoms with Crippen molar-refractivity contribution in [2.45, 2.75) is 62.8 Å². The maximum Gasteiger partial charge on any atom is 0.337 e. The molecule has 9 nitrogen and oxygen atoms in total. The first-order valence-electron chi connectivity index (χ1n) is 10.5. The molecule has 0 aromatic carbocycles. The van der Waals surface area contributed by atoms with Gasteiger partial charge in [-0.25, -0.2) is 9.79 Å². The lowest BCUT2D eigenvalue weighted by molar-refractivity contribution is -0.163. The number of rotatable bonds is 8. The highest BCUT2D eigenvalue weighted by Gasteiger charge is 2.44. The Morgan fingerprint density at radius 2 is 2.13 bits per heavy atom. The summed E-state index contributed by atoms with van der Waals surface area (Å²) >= 11 is 0. The van der Waals surface area contributed by atoms with Crippen molar-refractivity contribution in [3.63, 3.8) is 0 Å². The normalized spacial score (nSPS) is 28.8. The molecule has 3 aliphatic rings. The van der Waals surface area contributed by atoms with Crippen LogP contribution in [0.5, 0.6) is 0 Å². The van der Waals surface area contributed by atoms with Gasteiger partial charge < -0.3 is 36.1 Å². The number of hydrogen-bond acceptors (Lipinski definition) is 8. The molecule has 30 heavy (non-hydrogen) atoms. The molecule has 2 aliphatic heterocycles. The maximum absolute atomic E-state index is 11.9. The Bertz CT molecular complexity index is 727. The average Bonchev–Trinajstić information content (AvgIpc) is 2.74. The summed E-state index contributed by atoms with van der Waals surface area (Å²) in [7, 11) is 0. The number of carboxylic acids is 1. The van der Waals surface area contributed by atoms with Crippen molar-refractivity contribution >= 4 is 11.9 Å². The number of aliphatic carboxylic acids is 1. The molecule has 0 amide bonds. The van der Waals surface area contributed by atoms with Crippen LogP contribution in [-0.2, 0) is 14.3 Å². The van der Waals surface area contributed by atoms with E-state index in [-0.39, 0.29) is 19.1 Å². The second kappa shape index (κ2) is 9.99. The van der Waals surface area contributed by atoms with Crippen LogP contribution in [0.3, 0.4) is 0 Å². The highest BCUT2D eigenvalue weighted by molar-refractivity contribution is 5.80. The van der Waals surface area contributed by atoms with E-state index < -0.39 is 23.7 Å². The highest BCUT2D eigenvalue weighted by atomic mass is 16.5. The third kappa shape index (κ3) is 5.76. The second-order valence-corrected chi connectivity index (χ2v) is 8.25. The Hall–Kier alpha value is -2.52. The first kappa shape index (κ1) is 22.2. The van der Waals surface area contributed by atoms with Gasteiger partial charge in [0.15, 0.2) is 5.60 Å². The molecule has 166 valence electrons. The smallest absolute Gasteiger partial charge is 0.337 e. The molecule has 3 rings (SSSR count). The van der Waals surface area contributed by atoms with Gasteiger partial charge in [0.2, 0.25) is 5.90 Å². The van der Waals surface area contributed by atoms with Gasteiger partial charge in [0.1, 0.15) is 12.4 Å². The fourth-order valence-electron chi connectivity index (χ4n) is 3.80.